The van der Waals surface area contributed by atoms with Crippen LogP contribution in [0.4, 0.5) is 5.69 Å². The van der Waals surface area contributed by atoms with Gasteiger partial charge in [0.2, 0.25) is 0 Å². The Balaban J connectivity index is 1.87. The lowest BCUT2D eigenvalue weighted by Crippen LogP contribution is -2.46. The Labute approximate surface area is 129 Å². The summed E-state index contributed by atoms with van der Waals surface area (Å²) in [7, 11) is 4.15. The van der Waals surface area contributed by atoms with Crippen LogP contribution < -0.4 is 10.2 Å². The van der Waals surface area contributed by atoms with Crippen molar-refractivity contribution in [3.8, 4) is 0 Å². The zero-order valence-corrected chi connectivity index (χ0v) is 14.0. The Morgan fingerprint density at radius 1 is 1.19 bits per heavy atom. The van der Waals surface area contributed by atoms with E-state index < -0.39 is 0 Å². The van der Waals surface area contributed by atoms with Crippen molar-refractivity contribution in [2.24, 2.45) is 0 Å². The van der Waals surface area contributed by atoms with Gasteiger partial charge in [0.15, 0.2) is 0 Å². The summed E-state index contributed by atoms with van der Waals surface area (Å²) in [5.74, 6) is 0. The molecule has 1 atom stereocenters. The van der Waals surface area contributed by atoms with Crippen molar-refractivity contribution in [1.29, 1.82) is 0 Å². The standard InChI is InChI=1S/C18H30N2O/c1-5-18(6-2)13-16(11-12-21-18)19-14-15-7-9-17(10-8-15)20(3)4/h7-10,16,19H,5-6,11-14H2,1-4H3. The highest BCUT2D eigenvalue weighted by atomic mass is 16.5. The first-order valence-corrected chi connectivity index (χ1v) is 8.22. The minimum absolute atomic E-state index is 0.102. The van der Waals surface area contributed by atoms with Crippen LogP contribution in [0.5, 0.6) is 0 Å². The fraction of sp³-hybridized carbons (Fsp3) is 0.667. The van der Waals surface area contributed by atoms with Gasteiger partial charge in [-0.1, -0.05) is 26.0 Å². The Kier molecular flexibility index (Phi) is 5.65. The molecule has 1 fully saturated rings. The lowest BCUT2D eigenvalue weighted by atomic mass is 9.86. The number of ether oxygens (including phenoxy) is 1. The SMILES string of the molecule is CCC1(CC)CC(NCc2ccc(N(C)C)cc2)CCO1. The highest BCUT2D eigenvalue weighted by Crippen LogP contribution is 2.31. The average Bonchev–Trinajstić information content (AvgIpc) is 2.53. The molecule has 1 N–H and O–H groups in total. The van der Waals surface area contributed by atoms with Crippen molar-refractivity contribution in [3.05, 3.63) is 29.8 Å². The van der Waals surface area contributed by atoms with E-state index in [0.29, 0.717) is 6.04 Å². The smallest absolute Gasteiger partial charge is 0.0692 e. The Morgan fingerprint density at radius 3 is 2.43 bits per heavy atom. The maximum absolute atomic E-state index is 6.04. The van der Waals surface area contributed by atoms with Crippen LogP contribution >= 0.6 is 0 Å². The van der Waals surface area contributed by atoms with Gasteiger partial charge in [0.05, 0.1) is 5.60 Å². The molecule has 21 heavy (non-hydrogen) atoms. The molecule has 1 aromatic rings. The summed E-state index contributed by atoms with van der Waals surface area (Å²) in [5, 5.41) is 3.72. The summed E-state index contributed by atoms with van der Waals surface area (Å²) in [6.07, 6.45) is 4.48. The van der Waals surface area contributed by atoms with Gasteiger partial charge in [0, 0.05) is 39.0 Å². The van der Waals surface area contributed by atoms with Gasteiger partial charge in [-0.3, -0.25) is 0 Å². The third-order valence-electron chi connectivity index (χ3n) is 4.83. The maximum Gasteiger partial charge on any atom is 0.0692 e. The number of hydrogen-bond acceptors (Lipinski definition) is 3. The van der Waals surface area contributed by atoms with E-state index >= 15 is 0 Å². The molecule has 1 aliphatic rings. The molecule has 0 amide bonds. The van der Waals surface area contributed by atoms with Crippen LogP contribution in [0, 0.1) is 0 Å². The third-order valence-corrected chi connectivity index (χ3v) is 4.83. The molecule has 1 heterocycles. The van der Waals surface area contributed by atoms with Gasteiger partial charge in [0.25, 0.3) is 0 Å². The van der Waals surface area contributed by atoms with Gasteiger partial charge in [-0.05, 0) is 43.4 Å². The van der Waals surface area contributed by atoms with E-state index in [-0.39, 0.29) is 5.60 Å². The van der Waals surface area contributed by atoms with Gasteiger partial charge < -0.3 is 15.0 Å². The van der Waals surface area contributed by atoms with Crippen LogP contribution in [0.1, 0.15) is 45.1 Å². The first-order chi connectivity index (χ1) is 10.1. The summed E-state index contributed by atoms with van der Waals surface area (Å²) in [5.41, 5.74) is 2.71. The second-order valence-corrected chi connectivity index (χ2v) is 6.37. The van der Waals surface area contributed by atoms with Crippen LogP contribution in [-0.2, 0) is 11.3 Å². The van der Waals surface area contributed by atoms with Crippen LogP contribution in [0.3, 0.4) is 0 Å². The van der Waals surface area contributed by atoms with E-state index in [1.54, 1.807) is 0 Å². The summed E-state index contributed by atoms with van der Waals surface area (Å²) < 4.78 is 6.04. The van der Waals surface area contributed by atoms with Gasteiger partial charge >= 0.3 is 0 Å². The highest BCUT2D eigenvalue weighted by Gasteiger charge is 2.34. The minimum Gasteiger partial charge on any atom is -0.378 e. The summed E-state index contributed by atoms with van der Waals surface area (Å²) in [4.78, 5) is 2.13. The summed E-state index contributed by atoms with van der Waals surface area (Å²) in [6, 6.07) is 9.38. The Hall–Kier alpha value is -1.06. The molecule has 3 heteroatoms. The van der Waals surface area contributed by atoms with Crippen LogP contribution in [0.15, 0.2) is 24.3 Å². The molecule has 0 spiro atoms. The van der Waals surface area contributed by atoms with Crippen molar-refractivity contribution >= 4 is 5.69 Å². The highest BCUT2D eigenvalue weighted by molar-refractivity contribution is 5.45. The second kappa shape index (κ2) is 7.28. The van der Waals surface area contributed by atoms with E-state index in [9.17, 15) is 0 Å². The quantitative estimate of drug-likeness (QED) is 0.866. The second-order valence-electron chi connectivity index (χ2n) is 6.37. The minimum atomic E-state index is 0.102. The van der Waals surface area contributed by atoms with E-state index in [1.165, 1.54) is 11.3 Å². The number of anilines is 1. The third kappa shape index (κ3) is 4.21. The molecule has 1 aliphatic heterocycles. The zero-order valence-electron chi connectivity index (χ0n) is 14.0. The molecule has 0 aromatic heterocycles. The predicted octanol–water partition coefficient (Wildman–Crippen LogP) is 3.58. The molecule has 2 rings (SSSR count). The van der Waals surface area contributed by atoms with Crippen molar-refractivity contribution in [1.82, 2.24) is 5.32 Å². The topological polar surface area (TPSA) is 24.5 Å². The number of nitrogens with zero attached hydrogens (tertiary/aromatic N) is 1. The van der Waals surface area contributed by atoms with Gasteiger partial charge in [-0.25, -0.2) is 0 Å². The molecule has 0 saturated carbocycles. The number of benzene rings is 1. The van der Waals surface area contributed by atoms with Crippen molar-refractivity contribution in [2.45, 2.75) is 57.7 Å². The van der Waals surface area contributed by atoms with E-state index in [1.807, 2.05) is 0 Å². The lowest BCUT2D eigenvalue weighted by Gasteiger charge is -2.40. The van der Waals surface area contributed by atoms with Crippen LogP contribution in [0.2, 0.25) is 0 Å². The first-order valence-electron chi connectivity index (χ1n) is 8.22. The molecule has 1 saturated heterocycles. The normalized spacial score (nSPS) is 21.2. The first kappa shape index (κ1) is 16.3. The van der Waals surface area contributed by atoms with Crippen molar-refractivity contribution in [2.75, 3.05) is 25.6 Å². The van der Waals surface area contributed by atoms with E-state index in [0.717, 1.165) is 38.8 Å². The van der Waals surface area contributed by atoms with E-state index in [2.05, 4.69) is 62.4 Å². The fourth-order valence-corrected chi connectivity index (χ4v) is 3.12. The molecule has 0 aliphatic carbocycles. The van der Waals surface area contributed by atoms with E-state index in [4.69, 9.17) is 4.74 Å². The molecular weight excluding hydrogens is 260 g/mol. The molecule has 1 unspecified atom stereocenters. The largest absolute Gasteiger partial charge is 0.378 e. The number of hydrogen-bond donors (Lipinski definition) is 1. The summed E-state index contributed by atoms with van der Waals surface area (Å²) >= 11 is 0. The van der Waals surface area contributed by atoms with Crippen LogP contribution in [0.25, 0.3) is 0 Å². The van der Waals surface area contributed by atoms with Gasteiger partial charge in [0.1, 0.15) is 0 Å². The van der Waals surface area contributed by atoms with Crippen LogP contribution in [-0.4, -0.2) is 32.3 Å². The molecular formula is C18H30N2O. The number of rotatable bonds is 6. The zero-order chi connectivity index (χ0) is 15.3. The maximum atomic E-state index is 6.04. The molecule has 0 radical (unpaired) electrons. The molecule has 3 nitrogen and oxygen atoms in total. The molecule has 118 valence electrons. The monoisotopic (exact) mass is 290 g/mol. The number of nitrogens with one attached hydrogen (secondary N) is 1. The Morgan fingerprint density at radius 2 is 1.86 bits per heavy atom. The van der Waals surface area contributed by atoms with Gasteiger partial charge in [-0.15, -0.1) is 0 Å². The van der Waals surface area contributed by atoms with Gasteiger partial charge in [-0.2, -0.15) is 0 Å². The average molecular weight is 290 g/mol. The molecule has 0 bridgehead atoms. The predicted molar refractivity (Wildman–Crippen MR) is 89.9 cm³/mol. The lowest BCUT2D eigenvalue weighted by molar-refractivity contribution is -0.0932. The van der Waals surface area contributed by atoms with Crippen molar-refractivity contribution < 1.29 is 4.74 Å². The summed E-state index contributed by atoms with van der Waals surface area (Å²) in [6.45, 7) is 6.32. The Bertz CT molecular complexity index is 423. The molecule has 1 aromatic carbocycles. The fourth-order valence-electron chi connectivity index (χ4n) is 3.12. The van der Waals surface area contributed by atoms with Crippen molar-refractivity contribution in [3.63, 3.8) is 0 Å².